The molecule has 1 N–H and O–H groups in total. The fraction of sp³-hybridized carbons (Fsp3) is 0.333. The zero-order chi connectivity index (χ0) is 14.2. The van der Waals surface area contributed by atoms with E-state index in [0.29, 0.717) is 0 Å². The standard InChI is InChI=1S/C18H23NO/c1-3-19-18(14-20-4-2)17-12-10-16(11-13-17)15-8-6-5-7-9-15/h5-13,18-19H,3-4,14H2,1-2H3. The molecule has 0 amide bonds. The fourth-order valence-electron chi connectivity index (χ4n) is 2.29. The summed E-state index contributed by atoms with van der Waals surface area (Å²) >= 11 is 0. The van der Waals surface area contributed by atoms with Crippen LogP contribution >= 0.6 is 0 Å². The van der Waals surface area contributed by atoms with E-state index >= 15 is 0 Å². The highest BCUT2D eigenvalue weighted by molar-refractivity contribution is 5.63. The summed E-state index contributed by atoms with van der Waals surface area (Å²) in [6, 6.07) is 19.5. The average Bonchev–Trinajstić information content (AvgIpc) is 2.52. The Kier molecular flexibility index (Phi) is 5.78. The minimum atomic E-state index is 0.268. The van der Waals surface area contributed by atoms with Crippen molar-refractivity contribution >= 4 is 0 Å². The van der Waals surface area contributed by atoms with Crippen molar-refractivity contribution in [3.8, 4) is 11.1 Å². The van der Waals surface area contributed by atoms with Gasteiger partial charge >= 0.3 is 0 Å². The molecule has 0 heterocycles. The molecule has 0 saturated carbocycles. The maximum atomic E-state index is 5.55. The summed E-state index contributed by atoms with van der Waals surface area (Å²) in [6.07, 6.45) is 0. The Balaban J connectivity index is 2.13. The van der Waals surface area contributed by atoms with Gasteiger partial charge in [0.15, 0.2) is 0 Å². The number of ether oxygens (including phenoxy) is 1. The molecule has 0 aromatic heterocycles. The van der Waals surface area contributed by atoms with Crippen molar-refractivity contribution in [2.45, 2.75) is 19.9 Å². The van der Waals surface area contributed by atoms with E-state index in [2.05, 4.69) is 60.8 Å². The van der Waals surface area contributed by atoms with Crippen LogP contribution in [0.5, 0.6) is 0 Å². The molecule has 0 saturated heterocycles. The van der Waals surface area contributed by atoms with Gasteiger partial charge in [-0.25, -0.2) is 0 Å². The molecular formula is C18H23NO. The van der Waals surface area contributed by atoms with E-state index in [1.54, 1.807) is 0 Å². The molecule has 2 aromatic rings. The van der Waals surface area contributed by atoms with Crippen molar-refractivity contribution < 1.29 is 4.74 Å². The van der Waals surface area contributed by atoms with E-state index in [4.69, 9.17) is 4.74 Å². The highest BCUT2D eigenvalue weighted by Gasteiger charge is 2.10. The molecule has 0 aliphatic rings. The molecule has 0 bridgehead atoms. The number of hydrogen-bond donors (Lipinski definition) is 1. The second-order valence-electron chi connectivity index (χ2n) is 4.76. The first-order chi connectivity index (χ1) is 9.85. The summed E-state index contributed by atoms with van der Waals surface area (Å²) in [4.78, 5) is 0. The minimum absolute atomic E-state index is 0.268. The quantitative estimate of drug-likeness (QED) is 0.819. The van der Waals surface area contributed by atoms with Gasteiger partial charge in [-0.1, -0.05) is 61.5 Å². The average molecular weight is 269 g/mol. The summed E-state index contributed by atoms with van der Waals surface area (Å²) in [5.74, 6) is 0. The van der Waals surface area contributed by atoms with Crippen LogP contribution in [0, 0.1) is 0 Å². The molecule has 106 valence electrons. The molecule has 2 aromatic carbocycles. The van der Waals surface area contributed by atoms with Gasteiger partial charge < -0.3 is 10.1 Å². The van der Waals surface area contributed by atoms with Gasteiger partial charge in [0.25, 0.3) is 0 Å². The number of hydrogen-bond acceptors (Lipinski definition) is 2. The number of benzene rings is 2. The monoisotopic (exact) mass is 269 g/mol. The molecular weight excluding hydrogens is 246 g/mol. The predicted molar refractivity (Wildman–Crippen MR) is 84.8 cm³/mol. The third-order valence-corrected chi connectivity index (χ3v) is 3.36. The van der Waals surface area contributed by atoms with Gasteiger partial charge in [0.1, 0.15) is 0 Å². The molecule has 2 nitrogen and oxygen atoms in total. The smallest absolute Gasteiger partial charge is 0.0661 e. The third-order valence-electron chi connectivity index (χ3n) is 3.36. The van der Waals surface area contributed by atoms with Gasteiger partial charge in [-0.05, 0) is 30.2 Å². The lowest BCUT2D eigenvalue weighted by molar-refractivity contribution is 0.123. The summed E-state index contributed by atoms with van der Waals surface area (Å²) < 4.78 is 5.55. The summed E-state index contributed by atoms with van der Waals surface area (Å²) in [7, 11) is 0. The van der Waals surface area contributed by atoms with Gasteiger partial charge in [-0.2, -0.15) is 0 Å². The Morgan fingerprint density at radius 3 is 2.15 bits per heavy atom. The van der Waals surface area contributed by atoms with Crippen LogP contribution in [0.4, 0.5) is 0 Å². The summed E-state index contributed by atoms with van der Waals surface area (Å²) in [6.45, 7) is 6.57. The van der Waals surface area contributed by atoms with Crippen LogP contribution in [-0.2, 0) is 4.74 Å². The summed E-state index contributed by atoms with van der Waals surface area (Å²) in [5, 5.41) is 3.47. The Morgan fingerprint density at radius 1 is 0.900 bits per heavy atom. The van der Waals surface area contributed by atoms with Gasteiger partial charge in [-0.3, -0.25) is 0 Å². The maximum absolute atomic E-state index is 5.55. The molecule has 0 radical (unpaired) electrons. The molecule has 0 spiro atoms. The molecule has 0 aliphatic carbocycles. The van der Waals surface area contributed by atoms with Crippen LogP contribution in [0.3, 0.4) is 0 Å². The lowest BCUT2D eigenvalue weighted by Crippen LogP contribution is -2.25. The lowest BCUT2D eigenvalue weighted by Gasteiger charge is -2.18. The zero-order valence-electron chi connectivity index (χ0n) is 12.3. The predicted octanol–water partition coefficient (Wildman–Crippen LogP) is 4.04. The third kappa shape index (κ3) is 3.92. The first-order valence-electron chi connectivity index (χ1n) is 7.31. The highest BCUT2D eigenvalue weighted by Crippen LogP contribution is 2.22. The molecule has 0 fully saturated rings. The number of likely N-dealkylation sites (N-methyl/N-ethyl adjacent to an activating group) is 1. The van der Waals surface area contributed by atoms with Crippen LogP contribution in [-0.4, -0.2) is 19.8 Å². The molecule has 1 unspecified atom stereocenters. The van der Waals surface area contributed by atoms with Gasteiger partial charge in [0.05, 0.1) is 12.6 Å². The van der Waals surface area contributed by atoms with Crippen LogP contribution in [0.15, 0.2) is 54.6 Å². The van der Waals surface area contributed by atoms with Gasteiger partial charge in [0, 0.05) is 6.61 Å². The van der Waals surface area contributed by atoms with Crippen molar-refractivity contribution in [3.05, 3.63) is 60.2 Å². The first kappa shape index (κ1) is 14.8. The lowest BCUT2D eigenvalue weighted by atomic mass is 10.0. The van der Waals surface area contributed by atoms with Crippen LogP contribution in [0.2, 0.25) is 0 Å². The topological polar surface area (TPSA) is 21.3 Å². The number of nitrogens with one attached hydrogen (secondary N) is 1. The SMILES string of the molecule is CCNC(COCC)c1ccc(-c2ccccc2)cc1. The molecule has 2 rings (SSSR count). The van der Waals surface area contributed by atoms with Crippen molar-refractivity contribution in [3.63, 3.8) is 0 Å². The van der Waals surface area contributed by atoms with Crippen molar-refractivity contribution in [1.82, 2.24) is 5.32 Å². The Morgan fingerprint density at radius 2 is 1.55 bits per heavy atom. The maximum Gasteiger partial charge on any atom is 0.0661 e. The zero-order valence-corrected chi connectivity index (χ0v) is 12.3. The second-order valence-corrected chi connectivity index (χ2v) is 4.76. The van der Waals surface area contributed by atoms with E-state index in [1.165, 1.54) is 16.7 Å². The fourth-order valence-corrected chi connectivity index (χ4v) is 2.29. The second kappa shape index (κ2) is 7.83. The van der Waals surface area contributed by atoms with E-state index < -0.39 is 0 Å². The van der Waals surface area contributed by atoms with E-state index in [1.807, 2.05) is 13.0 Å². The van der Waals surface area contributed by atoms with Crippen molar-refractivity contribution in [2.75, 3.05) is 19.8 Å². The van der Waals surface area contributed by atoms with Gasteiger partial charge in [0.2, 0.25) is 0 Å². The van der Waals surface area contributed by atoms with E-state index in [-0.39, 0.29) is 6.04 Å². The Hall–Kier alpha value is -1.64. The molecule has 20 heavy (non-hydrogen) atoms. The van der Waals surface area contributed by atoms with Crippen LogP contribution in [0.25, 0.3) is 11.1 Å². The summed E-state index contributed by atoms with van der Waals surface area (Å²) in [5.41, 5.74) is 3.78. The molecule has 2 heteroatoms. The normalized spacial score (nSPS) is 12.3. The Labute approximate surface area is 121 Å². The molecule has 0 aliphatic heterocycles. The van der Waals surface area contributed by atoms with Crippen molar-refractivity contribution in [2.24, 2.45) is 0 Å². The van der Waals surface area contributed by atoms with Crippen molar-refractivity contribution in [1.29, 1.82) is 0 Å². The highest BCUT2D eigenvalue weighted by atomic mass is 16.5. The Bertz CT molecular complexity index is 493. The number of rotatable bonds is 7. The largest absolute Gasteiger partial charge is 0.380 e. The molecule has 1 atom stereocenters. The van der Waals surface area contributed by atoms with Crippen LogP contribution < -0.4 is 5.32 Å². The minimum Gasteiger partial charge on any atom is -0.380 e. The van der Waals surface area contributed by atoms with Crippen LogP contribution in [0.1, 0.15) is 25.5 Å². The van der Waals surface area contributed by atoms with E-state index in [9.17, 15) is 0 Å². The van der Waals surface area contributed by atoms with Gasteiger partial charge in [-0.15, -0.1) is 0 Å². The van der Waals surface area contributed by atoms with E-state index in [0.717, 1.165) is 19.8 Å². The first-order valence-corrected chi connectivity index (χ1v) is 7.31.